The van der Waals surface area contributed by atoms with Crippen molar-refractivity contribution in [1.82, 2.24) is 4.90 Å². The van der Waals surface area contributed by atoms with Crippen LogP contribution in [-0.2, 0) is 11.2 Å². The third kappa shape index (κ3) is 2.52. The minimum absolute atomic E-state index is 0.323. The molecule has 0 spiro atoms. The van der Waals surface area contributed by atoms with Crippen molar-refractivity contribution in [1.29, 1.82) is 0 Å². The number of likely N-dealkylation sites (tertiary alicyclic amines) is 1. The highest BCUT2D eigenvalue weighted by Crippen LogP contribution is 2.39. The minimum atomic E-state index is -0.658. The molecule has 3 nitrogen and oxygen atoms in total. The molecule has 2 aliphatic rings. The lowest BCUT2D eigenvalue weighted by atomic mass is 10.0. The molecule has 1 fully saturated rings. The first-order chi connectivity index (χ1) is 9.13. The quantitative estimate of drug-likeness (QED) is 0.907. The van der Waals surface area contributed by atoms with Gasteiger partial charge in [-0.2, -0.15) is 0 Å². The van der Waals surface area contributed by atoms with Gasteiger partial charge in [-0.25, -0.2) is 0 Å². The average Bonchev–Trinajstić information content (AvgIpc) is 2.94. The summed E-state index contributed by atoms with van der Waals surface area (Å²) < 4.78 is 0. The van der Waals surface area contributed by atoms with E-state index in [2.05, 4.69) is 30.0 Å². The highest BCUT2D eigenvalue weighted by atomic mass is 16.4. The van der Waals surface area contributed by atoms with Crippen LogP contribution in [0.3, 0.4) is 0 Å². The molecule has 1 aromatic carbocycles. The van der Waals surface area contributed by atoms with Crippen molar-refractivity contribution in [3.05, 3.63) is 34.9 Å². The zero-order valence-corrected chi connectivity index (χ0v) is 11.4. The molecule has 102 valence electrons. The molecule has 1 aliphatic heterocycles. The van der Waals surface area contributed by atoms with Crippen molar-refractivity contribution in [2.75, 3.05) is 13.1 Å². The fraction of sp³-hybridized carbons (Fsp3) is 0.562. The largest absolute Gasteiger partial charge is 0.481 e. The van der Waals surface area contributed by atoms with Gasteiger partial charge in [-0.1, -0.05) is 23.8 Å². The minimum Gasteiger partial charge on any atom is -0.481 e. The van der Waals surface area contributed by atoms with Crippen LogP contribution in [0.1, 0.15) is 42.0 Å². The normalized spacial score (nSPS) is 26.6. The van der Waals surface area contributed by atoms with Crippen LogP contribution in [0.25, 0.3) is 0 Å². The Hall–Kier alpha value is -1.35. The van der Waals surface area contributed by atoms with Gasteiger partial charge in [0.15, 0.2) is 0 Å². The number of carboxylic acid groups (broad SMARTS) is 1. The molecular formula is C16H21NO2. The summed E-state index contributed by atoms with van der Waals surface area (Å²) >= 11 is 0. The number of rotatable bonds is 3. The van der Waals surface area contributed by atoms with Gasteiger partial charge in [0.1, 0.15) is 0 Å². The maximum atomic E-state index is 10.8. The number of hydrogen-bond donors (Lipinski definition) is 1. The van der Waals surface area contributed by atoms with Gasteiger partial charge in [-0.05, 0) is 49.8 Å². The van der Waals surface area contributed by atoms with Crippen LogP contribution in [0.5, 0.6) is 0 Å². The Morgan fingerprint density at radius 3 is 3.05 bits per heavy atom. The zero-order chi connectivity index (χ0) is 13.4. The van der Waals surface area contributed by atoms with E-state index in [1.807, 2.05) is 0 Å². The first kappa shape index (κ1) is 12.7. The Morgan fingerprint density at radius 1 is 1.42 bits per heavy atom. The van der Waals surface area contributed by atoms with Gasteiger partial charge in [0, 0.05) is 19.0 Å². The zero-order valence-electron chi connectivity index (χ0n) is 11.4. The maximum Gasteiger partial charge on any atom is 0.303 e. The molecule has 0 saturated carbocycles. The molecular weight excluding hydrogens is 238 g/mol. The van der Waals surface area contributed by atoms with Crippen molar-refractivity contribution in [2.24, 2.45) is 5.92 Å². The summed E-state index contributed by atoms with van der Waals surface area (Å²) in [5.74, 6) is -0.319. The predicted molar refractivity (Wildman–Crippen MR) is 74.2 cm³/mol. The number of aliphatic carboxylic acids is 1. The Kier molecular flexibility index (Phi) is 3.31. The van der Waals surface area contributed by atoms with E-state index in [1.54, 1.807) is 0 Å². The average molecular weight is 259 g/mol. The van der Waals surface area contributed by atoms with Crippen molar-refractivity contribution in [2.45, 2.75) is 38.6 Å². The van der Waals surface area contributed by atoms with Gasteiger partial charge in [-0.3, -0.25) is 9.69 Å². The van der Waals surface area contributed by atoms with Gasteiger partial charge < -0.3 is 5.11 Å². The summed E-state index contributed by atoms with van der Waals surface area (Å²) in [6.07, 6.45) is 3.72. The lowest BCUT2D eigenvalue weighted by Gasteiger charge is -2.25. The molecule has 1 saturated heterocycles. The van der Waals surface area contributed by atoms with E-state index >= 15 is 0 Å². The molecule has 1 heterocycles. The summed E-state index contributed by atoms with van der Waals surface area (Å²) in [6.45, 7) is 4.15. The van der Waals surface area contributed by atoms with E-state index in [9.17, 15) is 4.79 Å². The molecule has 0 bridgehead atoms. The first-order valence-corrected chi connectivity index (χ1v) is 7.19. The van der Waals surface area contributed by atoms with Crippen molar-refractivity contribution in [3.8, 4) is 0 Å². The first-order valence-electron chi connectivity index (χ1n) is 7.19. The van der Waals surface area contributed by atoms with Gasteiger partial charge in [0.2, 0.25) is 0 Å². The van der Waals surface area contributed by atoms with Gasteiger partial charge in [-0.15, -0.1) is 0 Å². The fourth-order valence-corrected chi connectivity index (χ4v) is 3.64. The van der Waals surface area contributed by atoms with Crippen LogP contribution < -0.4 is 0 Å². The van der Waals surface area contributed by atoms with Crippen LogP contribution >= 0.6 is 0 Å². The highest BCUT2D eigenvalue weighted by molar-refractivity contribution is 5.67. The summed E-state index contributed by atoms with van der Waals surface area (Å²) in [4.78, 5) is 13.3. The van der Waals surface area contributed by atoms with Crippen LogP contribution in [0.15, 0.2) is 18.2 Å². The lowest BCUT2D eigenvalue weighted by Crippen LogP contribution is -2.25. The second-order valence-corrected chi connectivity index (χ2v) is 6.00. The number of fused-ring (bicyclic) bond motifs is 1. The molecule has 2 atom stereocenters. The van der Waals surface area contributed by atoms with Crippen LogP contribution in [-0.4, -0.2) is 29.1 Å². The van der Waals surface area contributed by atoms with Crippen molar-refractivity contribution in [3.63, 3.8) is 0 Å². The highest BCUT2D eigenvalue weighted by Gasteiger charge is 2.33. The standard InChI is InChI=1S/C16H21NO2/c1-11-2-3-13-4-5-15(14(13)8-11)17-7-6-12(10-17)9-16(18)19/h2-3,8,12,15H,4-7,9-10H2,1H3,(H,18,19). The van der Waals surface area contributed by atoms with E-state index in [1.165, 1.54) is 29.5 Å². The monoisotopic (exact) mass is 259 g/mol. The summed E-state index contributed by atoms with van der Waals surface area (Å²) in [5, 5.41) is 8.90. The molecule has 1 aromatic rings. The second-order valence-electron chi connectivity index (χ2n) is 6.00. The molecule has 1 N–H and O–H groups in total. The van der Waals surface area contributed by atoms with E-state index in [-0.39, 0.29) is 0 Å². The number of benzene rings is 1. The van der Waals surface area contributed by atoms with E-state index in [0.717, 1.165) is 19.5 Å². The Morgan fingerprint density at radius 2 is 2.26 bits per heavy atom. The fourth-order valence-electron chi connectivity index (χ4n) is 3.64. The number of carbonyl (C=O) groups is 1. The number of nitrogens with zero attached hydrogens (tertiary/aromatic N) is 1. The number of carboxylic acids is 1. The van der Waals surface area contributed by atoms with E-state index < -0.39 is 5.97 Å². The van der Waals surface area contributed by atoms with Crippen molar-refractivity contribution < 1.29 is 9.90 Å². The predicted octanol–water partition coefficient (Wildman–Crippen LogP) is 2.78. The molecule has 19 heavy (non-hydrogen) atoms. The summed E-state index contributed by atoms with van der Waals surface area (Å²) in [6, 6.07) is 7.29. The second kappa shape index (κ2) is 4.97. The van der Waals surface area contributed by atoms with Crippen molar-refractivity contribution >= 4 is 5.97 Å². The number of hydrogen-bond acceptors (Lipinski definition) is 2. The third-order valence-corrected chi connectivity index (χ3v) is 4.57. The Bertz CT molecular complexity index is 498. The lowest BCUT2D eigenvalue weighted by molar-refractivity contribution is -0.138. The van der Waals surface area contributed by atoms with Gasteiger partial charge in [0.05, 0.1) is 0 Å². The Labute approximate surface area is 114 Å². The van der Waals surface area contributed by atoms with Gasteiger partial charge in [0.25, 0.3) is 0 Å². The third-order valence-electron chi connectivity index (χ3n) is 4.57. The molecule has 3 heteroatoms. The number of aryl methyl sites for hydroxylation is 2. The summed E-state index contributed by atoms with van der Waals surface area (Å²) in [7, 11) is 0. The SMILES string of the molecule is Cc1ccc2c(c1)C(N1CCC(CC(=O)O)C1)CC2. The topological polar surface area (TPSA) is 40.5 Å². The smallest absolute Gasteiger partial charge is 0.303 e. The van der Waals surface area contributed by atoms with Crippen LogP contribution in [0, 0.1) is 12.8 Å². The van der Waals surface area contributed by atoms with Gasteiger partial charge >= 0.3 is 5.97 Å². The van der Waals surface area contributed by atoms with Crippen LogP contribution in [0.4, 0.5) is 0 Å². The molecule has 2 unspecified atom stereocenters. The van der Waals surface area contributed by atoms with E-state index in [0.29, 0.717) is 18.4 Å². The molecule has 0 radical (unpaired) electrons. The molecule has 0 amide bonds. The molecule has 3 rings (SSSR count). The maximum absolute atomic E-state index is 10.8. The summed E-state index contributed by atoms with van der Waals surface area (Å²) in [5.41, 5.74) is 4.29. The molecule has 0 aromatic heterocycles. The molecule has 1 aliphatic carbocycles. The van der Waals surface area contributed by atoms with E-state index in [4.69, 9.17) is 5.11 Å². The van der Waals surface area contributed by atoms with Crippen LogP contribution in [0.2, 0.25) is 0 Å². The Balaban J connectivity index is 1.73.